The van der Waals surface area contributed by atoms with Gasteiger partial charge in [-0.05, 0) is 37.6 Å². The summed E-state index contributed by atoms with van der Waals surface area (Å²) in [4.78, 5) is 16.4. The van der Waals surface area contributed by atoms with Crippen LogP contribution in [0.1, 0.15) is 27.2 Å². The minimum Gasteiger partial charge on any atom is -0.478 e. The number of benzene rings is 1. The molecule has 4 heteroatoms. The van der Waals surface area contributed by atoms with Crippen LogP contribution in [0.5, 0.6) is 0 Å². The fourth-order valence-electron chi connectivity index (χ4n) is 1.76. The first-order valence-corrected chi connectivity index (χ1v) is 6.93. The minimum atomic E-state index is -0.926. The van der Waals surface area contributed by atoms with Gasteiger partial charge >= 0.3 is 5.97 Å². The molecule has 1 aromatic carbocycles. The Morgan fingerprint density at radius 1 is 1.32 bits per heavy atom. The Hall–Kier alpha value is -1.81. The number of aromatic carboxylic acids is 1. The number of carboxylic acids is 1. The summed E-state index contributed by atoms with van der Waals surface area (Å²) in [5.74, 6) is -0.364. The average molecular weight is 273 g/mol. The van der Waals surface area contributed by atoms with Crippen molar-refractivity contribution in [3.8, 4) is 0 Å². The summed E-state index contributed by atoms with van der Waals surface area (Å²) in [6.45, 7) is 4.10. The Bertz CT molecular complexity index is 611. The molecule has 0 aliphatic carbocycles. The Morgan fingerprint density at radius 2 is 2.11 bits per heavy atom. The molecule has 2 rings (SSSR count). The van der Waals surface area contributed by atoms with Crippen LogP contribution in [0.4, 0.5) is 0 Å². The summed E-state index contributed by atoms with van der Waals surface area (Å²) in [6.07, 6.45) is 1.63. The third kappa shape index (κ3) is 3.35. The van der Waals surface area contributed by atoms with Crippen LogP contribution >= 0.6 is 11.8 Å². The second kappa shape index (κ2) is 5.89. The van der Waals surface area contributed by atoms with Crippen LogP contribution in [0.3, 0.4) is 0 Å². The number of nitrogens with zero attached hydrogens (tertiary/aromatic N) is 1. The topological polar surface area (TPSA) is 50.2 Å². The smallest absolute Gasteiger partial charge is 0.337 e. The normalized spacial score (nSPS) is 10.4. The summed E-state index contributed by atoms with van der Waals surface area (Å²) in [7, 11) is 0. The van der Waals surface area contributed by atoms with Crippen LogP contribution in [-0.2, 0) is 5.75 Å². The molecule has 19 heavy (non-hydrogen) atoms. The van der Waals surface area contributed by atoms with E-state index < -0.39 is 5.97 Å². The molecule has 1 aromatic heterocycles. The highest BCUT2D eigenvalue weighted by Crippen LogP contribution is 2.27. The molecule has 0 bridgehead atoms. The first-order chi connectivity index (χ1) is 9.08. The quantitative estimate of drug-likeness (QED) is 0.863. The number of hydrogen-bond acceptors (Lipinski definition) is 3. The molecule has 0 amide bonds. The number of aryl methyl sites for hydroxylation is 2. The van der Waals surface area contributed by atoms with E-state index in [1.807, 2.05) is 6.92 Å². The Kier molecular flexibility index (Phi) is 4.22. The Balaban J connectivity index is 2.19. The highest BCUT2D eigenvalue weighted by Gasteiger charge is 2.11. The molecule has 2 aromatic rings. The Labute approximate surface area is 116 Å². The summed E-state index contributed by atoms with van der Waals surface area (Å²) in [5.41, 5.74) is 3.29. The largest absolute Gasteiger partial charge is 0.478 e. The zero-order valence-corrected chi connectivity index (χ0v) is 11.7. The second-order valence-corrected chi connectivity index (χ2v) is 5.38. The molecule has 0 spiro atoms. The van der Waals surface area contributed by atoms with Crippen LogP contribution in [0.25, 0.3) is 0 Å². The van der Waals surface area contributed by atoms with E-state index in [2.05, 4.69) is 30.1 Å². The molecule has 98 valence electrons. The van der Waals surface area contributed by atoms with Crippen molar-refractivity contribution in [2.45, 2.75) is 24.5 Å². The summed E-state index contributed by atoms with van der Waals surface area (Å²) in [6, 6.07) is 9.50. The van der Waals surface area contributed by atoms with Gasteiger partial charge in [0.25, 0.3) is 0 Å². The molecule has 0 saturated heterocycles. The maximum absolute atomic E-state index is 11.1. The number of thioether (sulfide) groups is 1. The van der Waals surface area contributed by atoms with Gasteiger partial charge in [-0.3, -0.25) is 4.98 Å². The van der Waals surface area contributed by atoms with Crippen LogP contribution < -0.4 is 0 Å². The third-order valence-corrected chi connectivity index (χ3v) is 4.00. The zero-order valence-electron chi connectivity index (χ0n) is 10.9. The van der Waals surface area contributed by atoms with Gasteiger partial charge in [0.15, 0.2) is 0 Å². The van der Waals surface area contributed by atoms with Gasteiger partial charge in [0, 0.05) is 16.8 Å². The molecule has 0 saturated carbocycles. The predicted octanol–water partition coefficient (Wildman–Crippen LogP) is 3.69. The fraction of sp³-hybridized carbons (Fsp3) is 0.200. The van der Waals surface area contributed by atoms with Crippen molar-refractivity contribution in [2.24, 2.45) is 0 Å². The molecule has 1 heterocycles. The van der Waals surface area contributed by atoms with Crippen molar-refractivity contribution in [2.75, 3.05) is 0 Å². The van der Waals surface area contributed by atoms with Crippen LogP contribution in [0, 0.1) is 13.8 Å². The van der Waals surface area contributed by atoms with Crippen molar-refractivity contribution < 1.29 is 9.90 Å². The van der Waals surface area contributed by atoms with Gasteiger partial charge in [-0.15, -0.1) is 11.8 Å². The highest BCUT2D eigenvalue weighted by atomic mass is 32.2. The lowest BCUT2D eigenvalue weighted by Crippen LogP contribution is -2.03. The number of aromatic nitrogens is 1. The van der Waals surface area contributed by atoms with Gasteiger partial charge in [-0.1, -0.05) is 17.7 Å². The van der Waals surface area contributed by atoms with E-state index in [0.29, 0.717) is 11.4 Å². The number of hydrogen-bond donors (Lipinski definition) is 1. The van der Waals surface area contributed by atoms with Gasteiger partial charge in [-0.25, -0.2) is 4.79 Å². The van der Waals surface area contributed by atoms with E-state index in [1.165, 1.54) is 16.0 Å². The lowest BCUT2D eigenvalue weighted by atomic mass is 10.2. The molecular formula is C15H15NO2S. The summed E-state index contributed by atoms with van der Waals surface area (Å²) in [5, 5.41) is 9.11. The van der Waals surface area contributed by atoms with Crippen molar-refractivity contribution in [3.05, 3.63) is 58.9 Å². The average Bonchev–Trinajstić information content (AvgIpc) is 2.40. The molecule has 0 radical (unpaired) electrons. The minimum absolute atomic E-state index is 0.278. The first kappa shape index (κ1) is 13.6. The number of rotatable bonds is 4. The maximum atomic E-state index is 11.1. The standard InChI is InChI=1S/C15H15NO2S/c1-10-5-6-11(2)14(8-10)19-9-13-12(15(17)18)4-3-7-16-13/h3-8H,9H2,1-2H3,(H,17,18). The molecule has 0 unspecified atom stereocenters. The molecule has 3 nitrogen and oxygen atoms in total. The van der Waals surface area contributed by atoms with Crippen LogP contribution in [-0.4, -0.2) is 16.1 Å². The Morgan fingerprint density at radius 3 is 2.84 bits per heavy atom. The number of carbonyl (C=O) groups is 1. The monoisotopic (exact) mass is 273 g/mol. The third-order valence-electron chi connectivity index (χ3n) is 2.83. The fourth-order valence-corrected chi connectivity index (χ4v) is 2.84. The molecule has 0 fully saturated rings. The van der Waals surface area contributed by atoms with Crippen molar-refractivity contribution >= 4 is 17.7 Å². The molecular weight excluding hydrogens is 258 g/mol. The van der Waals surface area contributed by atoms with Crippen LogP contribution in [0.2, 0.25) is 0 Å². The predicted molar refractivity (Wildman–Crippen MR) is 76.7 cm³/mol. The van der Waals surface area contributed by atoms with E-state index in [9.17, 15) is 4.79 Å². The molecule has 0 aliphatic heterocycles. The van der Waals surface area contributed by atoms with E-state index >= 15 is 0 Å². The van der Waals surface area contributed by atoms with Crippen molar-refractivity contribution in [1.29, 1.82) is 0 Å². The highest BCUT2D eigenvalue weighted by molar-refractivity contribution is 7.98. The molecule has 0 aliphatic rings. The van der Waals surface area contributed by atoms with E-state index in [4.69, 9.17) is 5.11 Å². The van der Waals surface area contributed by atoms with Gasteiger partial charge in [0.05, 0.1) is 11.3 Å². The summed E-state index contributed by atoms with van der Waals surface area (Å²) >= 11 is 1.62. The van der Waals surface area contributed by atoms with Gasteiger partial charge in [-0.2, -0.15) is 0 Å². The summed E-state index contributed by atoms with van der Waals surface area (Å²) < 4.78 is 0. The van der Waals surface area contributed by atoms with E-state index in [-0.39, 0.29) is 5.56 Å². The molecule has 1 N–H and O–H groups in total. The molecule has 0 atom stereocenters. The lowest BCUT2D eigenvalue weighted by molar-refractivity contribution is 0.0695. The van der Waals surface area contributed by atoms with Gasteiger partial charge in [0.1, 0.15) is 0 Å². The van der Waals surface area contributed by atoms with E-state index in [0.717, 1.165) is 0 Å². The van der Waals surface area contributed by atoms with Gasteiger partial charge < -0.3 is 5.11 Å². The maximum Gasteiger partial charge on any atom is 0.337 e. The lowest BCUT2D eigenvalue weighted by Gasteiger charge is -2.08. The van der Waals surface area contributed by atoms with Crippen molar-refractivity contribution in [1.82, 2.24) is 4.98 Å². The van der Waals surface area contributed by atoms with Gasteiger partial charge in [0.2, 0.25) is 0 Å². The SMILES string of the molecule is Cc1ccc(C)c(SCc2ncccc2C(=O)O)c1. The number of pyridine rings is 1. The second-order valence-electron chi connectivity index (χ2n) is 4.36. The zero-order chi connectivity index (χ0) is 13.8. The first-order valence-electron chi connectivity index (χ1n) is 5.95. The van der Waals surface area contributed by atoms with E-state index in [1.54, 1.807) is 30.1 Å². The van der Waals surface area contributed by atoms with Crippen molar-refractivity contribution in [3.63, 3.8) is 0 Å². The van der Waals surface area contributed by atoms with Crippen LogP contribution in [0.15, 0.2) is 41.4 Å². The number of carboxylic acid groups (broad SMARTS) is 1.